The Morgan fingerprint density at radius 2 is 1.69 bits per heavy atom. The van der Waals surface area contributed by atoms with Crippen LogP contribution >= 0.6 is 11.6 Å². The summed E-state index contributed by atoms with van der Waals surface area (Å²) in [6.07, 6.45) is 4.99. The molecule has 3 heterocycles. The van der Waals surface area contributed by atoms with Crippen molar-refractivity contribution in [3.05, 3.63) is 71.5 Å². The third kappa shape index (κ3) is 3.12. The fourth-order valence-electron chi connectivity index (χ4n) is 4.25. The first-order valence-electron chi connectivity index (χ1n) is 9.65. The van der Waals surface area contributed by atoms with E-state index in [9.17, 15) is 8.42 Å². The second kappa shape index (κ2) is 7.13. The fraction of sp³-hybridized carbons (Fsp3) is 0.227. The number of piperidine rings is 1. The summed E-state index contributed by atoms with van der Waals surface area (Å²) >= 11 is 6.47. The molecule has 1 aliphatic rings. The maximum atomic E-state index is 13.3. The van der Waals surface area contributed by atoms with E-state index in [1.165, 1.54) is 21.5 Å². The van der Waals surface area contributed by atoms with Gasteiger partial charge in [0, 0.05) is 41.8 Å². The molecule has 148 valence electrons. The molecule has 7 heteroatoms. The van der Waals surface area contributed by atoms with Gasteiger partial charge in [-0.1, -0.05) is 48.0 Å². The summed E-state index contributed by atoms with van der Waals surface area (Å²) in [7, 11) is -3.69. The van der Waals surface area contributed by atoms with Crippen LogP contribution in [-0.4, -0.2) is 35.8 Å². The molecular formula is C22H20ClN3O2S. The molecule has 0 unspecified atom stereocenters. The molecule has 5 rings (SSSR count). The van der Waals surface area contributed by atoms with Crippen molar-refractivity contribution in [3.8, 4) is 0 Å². The van der Waals surface area contributed by atoms with E-state index in [2.05, 4.69) is 28.3 Å². The van der Waals surface area contributed by atoms with Crippen LogP contribution in [0.3, 0.4) is 0 Å². The summed E-state index contributed by atoms with van der Waals surface area (Å²) in [6, 6.07) is 15.5. The molecule has 1 aliphatic heterocycles. The van der Waals surface area contributed by atoms with Gasteiger partial charge in [0.1, 0.15) is 4.90 Å². The van der Waals surface area contributed by atoms with Crippen LogP contribution in [0.1, 0.15) is 24.3 Å². The van der Waals surface area contributed by atoms with Crippen molar-refractivity contribution >= 4 is 43.4 Å². The van der Waals surface area contributed by atoms with Crippen LogP contribution in [0.5, 0.6) is 0 Å². The molecule has 5 nitrogen and oxygen atoms in total. The predicted molar refractivity (Wildman–Crippen MR) is 116 cm³/mol. The van der Waals surface area contributed by atoms with Crippen LogP contribution in [-0.2, 0) is 10.0 Å². The zero-order valence-electron chi connectivity index (χ0n) is 15.7. The number of H-pyrrole nitrogens is 1. The Balaban J connectivity index is 1.41. The molecule has 0 aliphatic carbocycles. The van der Waals surface area contributed by atoms with Crippen LogP contribution in [0, 0.1) is 0 Å². The average Bonchev–Trinajstić information content (AvgIpc) is 3.18. The normalized spacial score (nSPS) is 16.6. The molecule has 2 aromatic carbocycles. The Morgan fingerprint density at radius 3 is 2.48 bits per heavy atom. The monoisotopic (exact) mass is 425 g/mol. The zero-order valence-corrected chi connectivity index (χ0v) is 17.2. The van der Waals surface area contributed by atoms with Crippen LogP contribution in [0.2, 0.25) is 5.02 Å². The van der Waals surface area contributed by atoms with E-state index < -0.39 is 10.0 Å². The molecule has 0 radical (unpaired) electrons. The smallest absolute Gasteiger partial charge is 0.246 e. The van der Waals surface area contributed by atoms with Gasteiger partial charge in [0.2, 0.25) is 10.0 Å². The standard InChI is InChI=1S/C22H20ClN3O2S/c23-22-17-6-2-4-8-20(17)25-14-21(22)29(27,28)26-11-9-15(10-12-26)18-13-24-19-7-3-1-5-16(18)19/h1-8,13-15,24H,9-12H2. The van der Waals surface area contributed by atoms with Crippen LogP contribution in [0.4, 0.5) is 0 Å². The lowest BCUT2D eigenvalue weighted by atomic mass is 9.90. The van der Waals surface area contributed by atoms with E-state index in [1.54, 1.807) is 6.07 Å². The minimum atomic E-state index is -3.69. The first kappa shape index (κ1) is 18.6. The van der Waals surface area contributed by atoms with E-state index in [1.807, 2.05) is 30.3 Å². The Morgan fingerprint density at radius 1 is 1.00 bits per heavy atom. The van der Waals surface area contributed by atoms with Crippen molar-refractivity contribution in [2.45, 2.75) is 23.7 Å². The van der Waals surface area contributed by atoms with Crippen LogP contribution in [0.25, 0.3) is 21.8 Å². The Bertz CT molecular complexity index is 1310. The Hall–Kier alpha value is -2.41. The second-order valence-corrected chi connectivity index (χ2v) is 9.71. The number of pyridine rings is 1. The molecule has 1 fully saturated rings. The van der Waals surface area contributed by atoms with Gasteiger partial charge in [-0.15, -0.1) is 0 Å². The number of aromatic amines is 1. The van der Waals surface area contributed by atoms with E-state index in [0.717, 1.165) is 18.4 Å². The van der Waals surface area contributed by atoms with Gasteiger partial charge < -0.3 is 4.98 Å². The van der Waals surface area contributed by atoms with Crippen molar-refractivity contribution in [1.29, 1.82) is 0 Å². The van der Waals surface area contributed by atoms with Crippen molar-refractivity contribution in [2.24, 2.45) is 0 Å². The maximum absolute atomic E-state index is 13.3. The highest BCUT2D eigenvalue weighted by Crippen LogP contribution is 2.36. The van der Waals surface area contributed by atoms with E-state index in [4.69, 9.17) is 11.6 Å². The molecule has 0 bridgehead atoms. The molecular weight excluding hydrogens is 406 g/mol. The topological polar surface area (TPSA) is 66.1 Å². The number of rotatable bonds is 3. The number of sulfonamides is 1. The number of fused-ring (bicyclic) bond motifs is 2. The summed E-state index contributed by atoms with van der Waals surface area (Å²) in [4.78, 5) is 7.70. The molecule has 1 saturated heterocycles. The lowest BCUT2D eigenvalue weighted by molar-refractivity contribution is 0.320. The van der Waals surface area contributed by atoms with Gasteiger partial charge >= 0.3 is 0 Å². The van der Waals surface area contributed by atoms with Crippen molar-refractivity contribution in [1.82, 2.24) is 14.3 Å². The largest absolute Gasteiger partial charge is 0.361 e. The maximum Gasteiger partial charge on any atom is 0.246 e. The molecule has 2 aromatic heterocycles. The molecule has 0 spiro atoms. The lowest BCUT2D eigenvalue weighted by Crippen LogP contribution is -2.38. The Kier molecular flexibility index (Phi) is 4.57. The summed E-state index contributed by atoms with van der Waals surface area (Å²) < 4.78 is 28.0. The highest BCUT2D eigenvalue weighted by molar-refractivity contribution is 7.89. The van der Waals surface area contributed by atoms with Gasteiger partial charge in [-0.2, -0.15) is 4.31 Å². The summed E-state index contributed by atoms with van der Waals surface area (Å²) in [5.41, 5.74) is 3.07. The highest BCUT2D eigenvalue weighted by atomic mass is 35.5. The number of aromatic nitrogens is 2. The van der Waals surface area contributed by atoms with E-state index in [-0.39, 0.29) is 9.92 Å². The van der Waals surface area contributed by atoms with E-state index >= 15 is 0 Å². The van der Waals surface area contributed by atoms with Gasteiger partial charge in [-0.05, 0) is 36.5 Å². The number of hydrogen-bond acceptors (Lipinski definition) is 3. The highest BCUT2D eigenvalue weighted by Gasteiger charge is 2.32. The number of hydrogen-bond donors (Lipinski definition) is 1. The number of nitrogens with one attached hydrogen (secondary N) is 1. The number of halogens is 1. The van der Waals surface area contributed by atoms with Gasteiger partial charge in [-0.25, -0.2) is 8.42 Å². The molecule has 0 amide bonds. The Labute approximate surface area is 174 Å². The summed E-state index contributed by atoms with van der Waals surface area (Å²) in [6.45, 7) is 0.936. The SMILES string of the molecule is O=S(=O)(c1cnc2ccccc2c1Cl)N1CCC(c2c[nH]c3ccccc23)CC1. The van der Waals surface area contributed by atoms with Gasteiger partial charge in [-0.3, -0.25) is 4.98 Å². The first-order chi connectivity index (χ1) is 14.1. The summed E-state index contributed by atoms with van der Waals surface area (Å²) in [5.74, 6) is 0.336. The van der Waals surface area contributed by atoms with Crippen molar-refractivity contribution in [2.75, 3.05) is 13.1 Å². The first-order valence-corrected chi connectivity index (χ1v) is 11.5. The minimum Gasteiger partial charge on any atom is -0.361 e. The van der Waals surface area contributed by atoms with Gasteiger partial charge in [0.25, 0.3) is 0 Å². The van der Waals surface area contributed by atoms with Crippen LogP contribution in [0.15, 0.2) is 65.8 Å². The average molecular weight is 426 g/mol. The molecule has 0 saturated carbocycles. The lowest BCUT2D eigenvalue weighted by Gasteiger charge is -2.31. The third-order valence-corrected chi connectivity index (χ3v) is 8.24. The number of para-hydroxylation sites is 2. The quantitative estimate of drug-likeness (QED) is 0.505. The predicted octanol–water partition coefficient (Wildman–Crippen LogP) is 4.94. The third-order valence-electron chi connectivity index (χ3n) is 5.81. The van der Waals surface area contributed by atoms with Gasteiger partial charge in [0.15, 0.2) is 0 Å². The van der Waals surface area contributed by atoms with E-state index in [0.29, 0.717) is 29.9 Å². The van der Waals surface area contributed by atoms with Gasteiger partial charge in [0.05, 0.1) is 10.5 Å². The second-order valence-electron chi connectivity index (χ2n) is 7.42. The molecule has 0 atom stereocenters. The minimum absolute atomic E-state index is 0.0865. The molecule has 29 heavy (non-hydrogen) atoms. The van der Waals surface area contributed by atoms with Crippen molar-refractivity contribution in [3.63, 3.8) is 0 Å². The molecule has 4 aromatic rings. The molecule has 1 N–H and O–H groups in total. The van der Waals surface area contributed by atoms with Crippen LogP contribution < -0.4 is 0 Å². The number of benzene rings is 2. The summed E-state index contributed by atoms with van der Waals surface area (Å²) in [5, 5.41) is 2.12. The zero-order chi connectivity index (χ0) is 20.0. The van der Waals surface area contributed by atoms with Crippen molar-refractivity contribution < 1.29 is 8.42 Å². The number of nitrogens with zero attached hydrogens (tertiary/aromatic N) is 2. The fourth-order valence-corrected chi connectivity index (χ4v) is 6.24.